The number of aromatic nitrogens is 2. The molecule has 7 nitrogen and oxygen atoms in total. The average Bonchev–Trinajstić information content (AvgIpc) is 2.73. The van der Waals surface area contributed by atoms with Gasteiger partial charge in [0.1, 0.15) is 23.3 Å². The predicted molar refractivity (Wildman–Crippen MR) is 101 cm³/mol. The second-order valence-electron chi connectivity index (χ2n) is 5.60. The van der Waals surface area contributed by atoms with Crippen LogP contribution >= 0.6 is 0 Å². The molecule has 1 amide bonds. The minimum atomic E-state index is -0.424. The van der Waals surface area contributed by atoms with E-state index in [4.69, 9.17) is 10.00 Å². The average molecular weight is 359 g/mol. The van der Waals surface area contributed by atoms with Crippen LogP contribution in [0.1, 0.15) is 21.6 Å². The van der Waals surface area contributed by atoms with E-state index >= 15 is 0 Å². The Hall–Kier alpha value is -3.92. The van der Waals surface area contributed by atoms with Gasteiger partial charge in [-0.2, -0.15) is 5.26 Å². The summed E-state index contributed by atoms with van der Waals surface area (Å²) >= 11 is 0. The monoisotopic (exact) mass is 359 g/mol. The number of nitrogens with zero attached hydrogens (tertiary/aromatic N) is 3. The standard InChI is InChI=1S/C20H17N5O2/c1-27-16-8-6-14(7-9-16)11-23-19-13-22-18(12-24-19)20(26)25-17-5-3-2-4-15(17)10-21/h2-9,12-13H,11H2,1H3,(H,23,24)(H,25,26). The lowest BCUT2D eigenvalue weighted by atomic mass is 10.2. The summed E-state index contributed by atoms with van der Waals surface area (Å²) < 4.78 is 5.13. The summed E-state index contributed by atoms with van der Waals surface area (Å²) in [4.78, 5) is 20.6. The summed E-state index contributed by atoms with van der Waals surface area (Å²) in [5.41, 5.74) is 2.05. The second kappa shape index (κ2) is 8.45. The van der Waals surface area contributed by atoms with E-state index in [1.165, 1.54) is 12.4 Å². The molecule has 0 spiro atoms. The number of para-hydroxylation sites is 1. The number of nitrogens with one attached hydrogen (secondary N) is 2. The molecule has 7 heteroatoms. The van der Waals surface area contributed by atoms with E-state index in [1.54, 1.807) is 31.4 Å². The lowest BCUT2D eigenvalue weighted by Crippen LogP contribution is -2.15. The fourth-order valence-corrected chi connectivity index (χ4v) is 2.35. The smallest absolute Gasteiger partial charge is 0.275 e. The van der Waals surface area contributed by atoms with Gasteiger partial charge in [-0.25, -0.2) is 9.97 Å². The molecule has 1 heterocycles. The van der Waals surface area contributed by atoms with Gasteiger partial charge < -0.3 is 15.4 Å². The molecule has 2 N–H and O–H groups in total. The van der Waals surface area contributed by atoms with E-state index in [1.807, 2.05) is 30.3 Å². The summed E-state index contributed by atoms with van der Waals surface area (Å²) in [6.45, 7) is 0.569. The number of methoxy groups -OCH3 is 1. The van der Waals surface area contributed by atoms with Crippen LogP contribution in [-0.4, -0.2) is 23.0 Å². The maximum Gasteiger partial charge on any atom is 0.275 e. The molecule has 0 saturated carbocycles. The van der Waals surface area contributed by atoms with Gasteiger partial charge in [-0.05, 0) is 29.8 Å². The first kappa shape index (κ1) is 17.9. The minimum Gasteiger partial charge on any atom is -0.497 e. The molecular weight excluding hydrogens is 342 g/mol. The molecule has 3 aromatic rings. The SMILES string of the molecule is COc1ccc(CNc2cnc(C(=O)Nc3ccccc3C#N)cn2)cc1. The first-order chi connectivity index (χ1) is 13.2. The van der Waals surface area contributed by atoms with Crippen LogP contribution in [0.15, 0.2) is 60.9 Å². The zero-order valence-corrected chi connectivity index (χ0v) is 14.6. The fourth-order valence-electron chi connectivity index (χ4n) is 2.35. The maximum absolute atomic E-state index is 12.3. The molecular formula is C20H17N5O2. The number of carbonyl (C=O) groups is 1. The van der Waals surface area contributed by atoms with E-state index in [2.05, 4.69) is 20.6 Å². The Morgan fingerprint density at radius 3 is 2.56 bits per heavy atom. The summed E-state index contributed by atoms with van der Waals surface area (Å²) in [5, 5.41) is 14.9. The third kappa shape index (κ3) is 4.58. The third-order valence-corrected chi connectivity index (χ3v) is 3.81. The lowest BCUT2D eigenvalue weighted by Gasteiger charge is -2.08. The molecule has 134 valence electrons. The van der Waals surface area contributed by atoms with Gasteiger partial charge in [0.15, 0.2) is 0 Å². The zero-order chi connectivity index (χ0) is 19.1. The van der Waals surface area contributed by atoms with Crippen molar-refractivity contribution < 1.29 is 9.53 Å². The topological polar surface area (TPSA) is 99.9 Å². The molecule has 0 aliphatic carbocycles. The van der Waals surface area contributed by atoms with Crippen LogP contribution in [0, 0.1) is 11.3 Å². The van der Waals surface area contributed by atoms with Crippen molar-refractivity contribution in [2.24, 2.45) is 0 Å². The Labute approximate surface area is 156 Å². The van der Waals surface area contributed by atoms with Gasteiger partial charge in [0.05, 0.1) is 30.8 Å². The molecule has 2 aromatic carbocycles. The molecule has 0 aliphatic heterocycles. The maximum atomic E-state index is 12.3. The number of hydrogen-bond donors (Lipinski definition) is 2. The number of amides is 1. The van der Waals surface area contributed by atoms with Crippen molar-refractivity contribution in [2.75, 3.05) is 17.7 Å². The first-order valence-electron chi connectivity index (χ1n) is 8.19. The van der Waals surface area contributed by atoms with E-state index in [9.17, 15) is 4.79 Å². The van der Waals surface area contributed by atoms with Crippen LogP contribution in [0.25, 0.3) is 0 Å². The van der Waals surface area contributed by atoms with Crippen LogP contribution in [0.2, 0.25) is 0 Å². The molecule has 1 aromatic heterocycles. The summed E-state index contributed by atoms with van der Waals surface area (Å²) in [6, 6.07) is 16.5. The molecule has 27 heavy (non-hydrogen) atoms. The van der Waals surface area contributed by atoms with Crippen LogP contribution in [0.3, 0.4) is 0 Å². The number of nitriles is 1. The van der Waals surface area contributed by atoms with Crippen molar-refractivity contribution in [1.29, 1.82) is 5.26 Å². The van der Waals surface area contributed by atoms with Gasteiger partial charge in [-0.1, -0.05) is 24.3 Å². The van der Waals surface area contributed by atoms with Gasteiger partial charge in [0.25, 0.3) is 5.91 Å². The van der Waals surface area contributed by atoms with Crippen molar-refractivity contribution >= 4 is 17.4 Å². The molecule has 0 atom stereocenters. The molecule has 3 rings (SSSR count). The molecule has 0 saturated heterocycles. The van der Waals surface area contributed by atoms with Crippen molar-refractivity contribution in [1.82, 2.24) is 9.97 Å². The minimum absolute atomic E-state index is 0.165. The normalized spacial score (nSPS) is 9.93. The van der Waals surface area contributed by atoms with Gasteiger partial charge in [-0.15, -0.1) is 0 Å². The fraction of sp³-hybridized carbons (Fsp3) is 0.100. The van der Waals surface area contributed by atoms with Crippen molar-refractivity contribution in [3.63, 3.8) is 0 Å². The van der Waals surface area contributed by atoms with Gasteiger partial charge in [-0.3, -0.25) is 4.79 Å². The summed E-state index contributed by atoms with van der Waals surface area (Å²) in [6.07, 6.45) is 2.88. The largest absolute Gasteiger partial charge is 0.497 e. The number of ether oxygens (including phenoxy) is 1. The number of carbonyl (C=O) groups excluding carboxylic acids is 1. The highest BCUT2D eigenvalue weighted by molar-refractivity contribution is 6.03. The number of rotatable bonds is 6. The summed E-state index contributed by atoms with van der Waals surface area (Å²) in [7, 11) is 1.62. The molecule has 0 unspecified atom stereocenters. The zero-order valence-electron chi connectivity index (χ0n) is 14.6. The number of anilines is 2. The van der Waals surface area contributed by atoms with Crippen molar-refractivity contribution in [3.8, 4) is 11.8 Å². The lowest BCUT2D eigenvalue weighted by molar-refractivity contribution is 0.102. The highest BCUT2D eigenvalue weighted by Gasteiger charge is 2.10. The molecule has 0 bridgehead atoms. The highest BCUT2D eigenvalue weighted by Crippen LogP contribution is 2.15. The molecule has 0 aliphatic rings. The number of benzene rings is 2. The van der Waals surface area contributed by atoms with Crippen LogP contribution in [0.5, 0.6) is 5.75 Å². The van der Waals surface area contributed by atoms with E-state index in [0.29, 0.717) is 23.6 Å². The Morgan fingerprint density at radius 1 is 1.11 bits per heavy atom. The third-order valence-electron chi connectivity index (χ3n) is 3.81. The van der Waals surface area contributed by atoms with Crippen molar-refractivity contribution in [3.05, 3.63) is 77.7 Å². The first-order valence-corrected chi connectivity index (χ1v) is 8.19. The molecule has 0 fully saturated rings. The van der Waals surface area contributed by atoms with E-state index in [-0.39, 0.29) is 5.69 Å². The van der Waals surface area contributed by atoms with Crippen molar-refractivity contribution in [2.45, 2.75) is 6.54 Å². The second-order valence-corrected chi connectivity index (χ2v) is 5.60. The van der Waals surface area contributed by atoms with Gasteiger partial charge >= 0.3 is 0 Å². The van der Waals surface area contributed by atoms with E-state index in [0.717, 1.165) is 11.3 Å². The Bertz CT molecular complexity index is 963. The predicted octanol–water partition coefficient (Wildman–Crippen LogP) is 3.22. The number of hydrogen-bond acceptors (Lipinski definition) is 6. The van der Waals surface area contributed by atoms with Gasteiger partial charge in [0.2, 0.25) is 0 Å². The van der Waals surface area contributed by atoms with Gasteiger partial charge in [0, 0.05) is 6.54 Å². The Morgan fingerprint density at radius 2 is 1.89 bits per heavy atom. The van der Waals surface area contributed by atoms with E-state index < -0.39 is 5.91 Å². The Kier molecular flexibility index (Phi) is 5.60. The van der Waals surface area contributed by atoms with Crippen LogP contribution < -0.4 is 15.4 Å². The highest BCUT2D eigenvalue weighted by atomic mass is 16.5. The quantitative estimate of drug-likeness (QED) is 0.701. The van der Waals surface area contributed by atoms with Crippen LogP contribution in [0.4, 0.5) is 11.5 Å². The van der Waals surface area contributed by atoms with Crippen LogP contribution in [-0.2, 0) is 6.54 Å². The molecule has 0 radical (unpaired) electrons. The summed E-state index contributed by atoms with van der Waals surface area (Å²) in [5.74, 6) is 0.929. The Balaban J connectivity index is 1.60.